The number of benzene rings is 1. The highest BCUT2D eigenvalue weighted by molar-refractivity contribution is 6.37. The van der Waals surface area contributed by atoms with Gasteiger partial charge in [0.05, 0.1) is 13.2 Å². The first-order valence-electron chi connectivity index (χ1n) is 12.2. The van der Waals surface area contributed by atoms with Gasteiger partial charge in [0.1, 0.15) is 18.0 Å². The van der Waals surface area contributed by atoms with Gasteiger partial charge in [-0.05, 0) is 43.2 Å². The summed E-state index contributed by atoms with van der Waals surface area (Å²) in [6, 6.07) is 2.68. The summed E-state index contributed by atoms with van der Waals surface area (Å²) in [5.74, 6) is -2.33. The van der Waals surface area contributed by atoms with Crippen molar-refractivity contribution in [1.82, 2.24) is 15.1 Å². The number of nitrogens with zero attached hydrogens (tertiary/aromatic N) is 2. The van der Waals surface area contributed by atoms with Crippen LogP contribution < -0.4 is 5.32 Å². The molecule has 1 amide bonds. The molecule has 36 heavy (non-hydrogen) atoms. The van der Waals surface area contributed by atoms with Gasteiger partial charge in [-0.1, -0.05) is 20.4 Å². The van der Waals surface area contributed by atoms with Crippen LogP contribution in [0, 0.1) is 5.41 Å². The van der Waals surface area contributed by atoms with Gasteiger partial charge in [0, 0.05) is 42.5 Å². The van der Waals surface area contributed by atoms with Crippen molar-refractivity contribution < 1.29 is 32.9 Å². The summed E-state index contributed by atoms with van der Waals surface area (Å²) in [5, 5.41) is 31.1. The Kier molecular flexibility index (Phi) is 8.89. The van der Waals surface area contributed by atoms with Gasteiger partial charge in [-0.25, -0.2) is 0 Å². The summed E-state index contributed by atoms with van der Waals surface area (Å²) in [7, 11) is 0. The summed E-state index contributed by atoms with van der Waals surface area (Å²) >= 11 is 0. The Hall–Kier alpha value is -2.79. The Bertz CT molecular complexity index is 969. The first-order valence-corrected chi connectivity index (χ1v) is 12.2. The number of hydrogen-bond acceptors (Lipinski definition) is 6. The molecule has 0 aromatic heterocycles. The quantitative estimate of drug-likeness (QED) is 0.341. The first-order chi connectivity index (χ1) is 16.9. The van der Waals surface area contributed by atoms with E-state index in [-0.39, 0.29) is 34.7 Å². The highest BCUT2D eigenvalue weighted by atomic mass is 19.4. The molecule has 1 saturated heterocycles. The van der Waals surface area contributed by atoms with Crippen molar-refractivity contribution in [3.63, 3.8) is 0 Å². The number of ether oxygens (including phenoxy) is 1. The molecule has 1 aliphatic heterocycles. The van der Waals surface area contributed by atoms with E-state index in [4.69, 9.17) is 10.1 Å². The maximum atomic E-state index is 12.7. The van der Waals surface area contributed by atoms with Crippen LogP contribution in [0.5, 0.6) is 11.5 Å². The minimum absolute atomic E-state index is 0.0934. The lowest BCUT2D eigenvalue weighted by atomic mass is 9.88. The average molecular weight is 513 g/mol. The van der Waals surface area contributed by atoms with E-state index in [9.17, 15) is 28.2 Å². The number of amidine groups is 1. The molecular weight excluding hydrogens is 477 g/mol. The molecule has 11 heteroatoms. The predicted octanol–water partition coefficient (Wildman–Crippen LogP) is 3.79. The predicted molar refractivity (Wildman–Crippen MR) is 130 cm³/mol. The van der Waals surface area contributed by atoms with E-state index in [0.29, 0.717) is 37.7 Å². The molecule has 1 aromatic rings. The van der Waals surface area contributed by atoms with Crippen LogP contribution in [-0.2, 0) is 9.53 Å². The van der Waals surface area contributed by atoms with Crippen LogP contribution in [0.15, 0.2) is 18.7 Å². The van der Waals surface area contributed by atoms with Crippen LogP contribution >= 0.6 is 0 Å². The molecule has 1 aliphatic carbocycles. The third-order valence-electron chi connectivity index (χ3n) is 6.87. The fraction of sp³-hybridized carbons (Fsp3) is 0.600. The fourth-order valence-corrected chi connectivity index (χ4v) is 4.95. The van der Waals surface area contributed by atoms with Crippen LogP contribution in [0.4, 0.5) is 13.2 Å². The van der Waals surface area contributed by atoms with Gasteiger partial charge in [0.25, 0.3) is 5.91 Å². The van der Waals surface area contributed by atoms with Crippen molar-refractivity contribution in [1.29, 1.82) is 5.41 Å². The highest BCUT2D eigenvalue weighted by Crippen LogP contribution is 2.38. The number of halogens is 3. The molecule has 0 atom stereocenters. The van der Waals surface area contributed by atoms with Gasteiger partial charge in [-0.15, -0.1) is 0 Å². The number of morpholine rings is 1. The summed E-state index contributed by atoms with van der Waals surface area (Å²) < 4.78 is 43.5. The Morgan fingerprint density at radius 2 is 1.81 bits per heavy atom. The lowest BCUT2D eigenvalue weighted by Crippen LogP contribution is -2.51. The fourth-order valence-electron chi connectivity index (χ4n) is 4.95. The van der Waals surface area contributed by atoms with Gasteiger partial charge >= 0.3 is 6.18 Å². The van der Waals surface area contributed by atoms with Crippen LogP contribution in [0.3, 0.4) is 0 Å². The molecule has 1 aromatic carbocycles. The van der Waals surface area contributed by atoms with Crippen LogP contribution in [0.25, 0.3) is 5.70 Å². The van der Waals surface area contributed by atoms with E-state index in [2.05, 4.69) is 11.5 Å². The number of amides is 1. The largest absolute Gasteiger partial charge is 0.508 e. The summed E-state index contributed by atoms with van der Waals surface area (Å²) in [6.07, 6.45) is -1.87. The lowest BCUT2D eigenvalue weighted by Gasteiger charge is -2.42. The summed E-state index contributed by atoms with van der Waals surface area (Å²) in [4.78, 5) is 16.3. The molecule has 0 spiro atoms. The molecule has 8 nitrogen and oxygen atoms in total. The smallest absolute Gasteiger partial charge is 0.405 e. The molecule has 4 N–H and O–H groups in total. The Morgan fingerprint density at radius 1 is 1.19 bits per heavy atom. The number of nitrogens with one attached hydrogen (secondary N) is 2. The number of carbonyl (C=O) groups is 1. The Labute approximate surface area is 209 Å². The number of hydrogen-bond donors (Lipinski definition) is 4. The number of alkyl halides is 3. The molecule has 200 valence electrons. The van der Waals surface area contributed by atoms with Crippen molar-refractivity contribution in [3.8, 4) is 11.5 Å². The van der Waals surface area contributed by atoms with Crippen LogP contribution in [-0.4, -0.2) is 82.9 Å². The standard InChI is InChI=1S/C25H35F3N4O4/c1-15(2)19-12-20(22(34)13-21(19)33)16(3)32(23(29)24(35)30-14-25(26,27)28)18-6-4-17(5-7-18)31-8-10-36-11-9-31/h12-13,15,17-18,29,33-34H,3-11,14H2,1-2H3,(H,30,35). The zero-order valence-corrected chi connectivity index (χ0v) is 20.7. The van der Waals surface area contributed by atoms with Crippen molar-refractivity contribution in [2.45, 2.75) is 63.7 Å². The molecule has 2 aliphatic rings. The van der Waals surface area contributed by atoms with Crippen molar-refractivity contribution in [3.05, 3.63) is 29.8 Å². The number of phenols is 2. The second-order valence-electron chi connectivity index (χ2n) is 9.66. The second kappa shape index (κ2) is 11.5. The van der Waals surface area contributed by atoms with E-state index in [0.717, 1.165) is 25.9 Å². The normalized spacial score (nSPS) is 21.3. The SMILES string of the molecule is C=C(c1cc(C(C)C)c(O)cc1O)N(C(=N)C(=O)NCC(F)(F)F)C1CCC(N2CCOCC2)CC1. The zero-order chi connectivity index (χ0) is 26.6. The van der Waals surface area contributed by atoms with Gasteiger partial charge in [0.15, 0.2) is 5.84 Å². The maximum absolute atomic E-state index is 12.7. The average Bonchev–Trinajstić information content (AvgIpc) is 2.82. The Morgan fingerprint density at radius 3 is 2.36 bits per heavy atom. The topological polar surface area (TPSA) is 109 Å². The van der Waals surface area contributed by atoms with Gasteiger partial charge in [0.2, 0.25) is 0 Å². The molecule has 1 heterocycles. The molecule has 0 unspecified atom stereocenters. The van der Waals surface area contributed by atoms with Gasteiger partial charge in [-0.2, -0.15) is 13.2 Å². The molecule has 0 radical (unpaired) electrons. The van der Waals surface area contributed by atoms with Crippen molar-refractivity contribution >= 4 is 17.4 Å². The number of rotatable bonds is 6. The van der Waals surface area contributed by atoms with E-state index >= 15 is 0 Å². The van der Waals surface area contributed by atoms with E-state index < -0.39 is 24.5 Å². The maximum Gasteiger partial charge on any atom is 0.405 e. The minimum Gasteiger partial charge on any atom is -0.508 e. The summed E-state index contributed by atoms with van der Waals surface area (Å²) in [6.45, 7) is 9.20. The second-order valence-corrected chi connectivity index (χ2v) is 9.66. The third-order valence-corrected chi connectivity index (χ3v) is 6.87. The van der Waals surface area contributed by atoms with E-state index in [1.807, 2.05) is 13.8 Å². The molecular formula is C25H35F3N4O4. The number of aromatic hydroxyl groups is 2. The molecule has 3 rings (SSSR count). The molecule has 1 saturated carbocycles. The number of phenolic OH excluding ortho intramolecular Hbond substituents is 2. The highest BCUT2D eigenvalue weighted by Gasteiger charge is 2.36. The van der Waals surface area contributed by atoms with Crippen LogP contribution in [0.2, 0.25) is 0 Å². The lowest BCUT2D eigenvalue weighted by molar-refractivity contribution is -0.135. The first kappa shape index (κ1) is 27.8. The monoisotopic (exact) mass is 512 g/mol. The minimum atomic E-state index is -4.62. The Balaban J connectivity index is 1.86. The van der Waals surface area contributed by atoms with Crippen molar-refractivity contribution in [2.24, 2.45) is 0 Å². The summed E-state index contributed by atoms with van der Waals surface area (Å²) in [5.41, 5.74) is 0.865. The van der Waals surface area contributed by atoms with Crippen molar-refractivity contribution in [2.75, 3.05) is 32.8 Å². The van der Waals surface area contributed by atoms with E-state index in [1.165, 1.54) is 11.0 Å². The third kappa shape index (κ3) is 6.70. The molecule has 0 bridgehead atoms. The molecule has 2 fully saturated rings. The zero-order valence-electron chi connectivity index (χ0n) is 20.7. The number of carbonyl (C=O) groups excluding carboxylic acids is 1. The van der Waals surface area contributed by atoms with Crippen LogP contribution in [0.1, 0.15) is 56.6 Å². The van der Waals surface area contributed by atoms with E-state index in [1.54, 1.807) is 11.4 Å². The van der Waals surface area contributed by atoms with Gasteiger partial charge in [-0.3, -0.25) is 15.1 Å². The van der Waals surface area contributed by atoms with Gasteiger partial charge < -0.3 is 25.2 Å².